The van der Waals surface area contributed by atoms with Crippen LogP contribution in [0.3, 0.4) is 0 Å². The van der Waals surface area contributed by atoms with Crippen LogP contribution in [0.5, 0.6) is 0 Å². The molecule has 106 valence electrons. The summed E-state index contributed by atoms with van der Waals surface area (Å²) in [4.78, 5) is 0. The number of hydrogen-bond acceptors (Lipinski definition) is 2. The lowest BCUT2D eigenvalue weighted by Gasteiger charge is -2.08. The quantitative estimate of drug-likeness (QED) is 0.677. The summed E-state index contributed by atoms with van der Waals surface area (Å²) in [6.07, 6.45) is 1.85. The van der Waals surface area contributed by atoms with Gasteiger partial charge in [0.25, 0.3) is 0 Å². The summed E-state index contributed by atoms with van der Waals surface area (Å²) < 4.78 is 0.879. The van der Waals surface area contributed by atoms with Gasteiger partial charge in [0.05, 0.1) is 16.9 Å². The van der Waals surface area contributed by atoms with Crippen molar-refractivity contribution in [2.75, 3.05) is 5.32 Å². The summed E-state index contributed by atoms with van der Waals surface area (Å²) in [6.45, 7) is 0.689. The molecule has 0 aliphatic carbocycles. The smallest absolute Gasteiger partial charge is 0.0700 e. The molecule has 0 atom stereocenters. The van der Waals surface area contributed by atoms with E-state index in [1.807, 2.05) is 42.6 Å². The van der Waals surface area contributed by atoms with Crippen molar-refractivity contribution in [2.45, 2.75) is 6.54 Å². The van der Waals surface area contributed by atoms with Crippen LogP contribution >= 0.6 is 27.5 Å². The molecule has 0 radical (unpaired) electrons. The lowest BCUT2D eigenvalue weighted by molar-refractivity contribution is 1.10. The van der Waals surface area contributed by atoms with Gasteiger partial charge < -0.3 is 5.32 Å². The molecule has 2 N–H and O–H groups in total. The Bertz CT molecular complexity index is 740. The molecule has 1 heterocycles. The zero-order valence-electron chi connectivity index (χ0n) is 11.1. The van der Waals surface area contributed by atoms with E-state index in [1.165, 1.54) is 0 Å². The van der Waals surface area contributed by atoms with Gasteiger partial charge >= 0.3 is 0 Å². The number of aromatic nitrogens is 2. The zero-order valence-corrected chi connectivity index (χ0v) is 13.4. The highest BCUT2D eigenvalue weighted by Crippen LogP contribution is 2.26. The maximum absolute atomic E-state index is 6.00. The number of rotatable bonds is 4. The van der Waals surface area contributed by atoms with E-state index in [4.69, 9.17) is 11.6 Å². The standard InChI is InChI=1S/C16H13BrClN3/c17-14-8-13(6-7-15(14)18)19-9-12-10-20-21-16(12)11-4-2-1-3-5-11/h1-8,10,19H,9H2,(H,20,21). The molecule has 21 heavy (non-hydrogen) atoms. The van der Waals surface area contributed by atoms with Crippen LogP contribution in [0.4, 0.5) is 5.69 Å². The van der Waals surface area contributed by atoms with Crippen molar-refractivity contribution in [3.8, 4) is 11.3 Å². The van der Waals surface area contributed by atoms with Crippen molar-refractivity contribution in [3.63, 3.8) is 0 Å². The molecular formula is C16H13BrClN3. The first-order chi connectivity index (χ1) is 10.2. The fourth-order valence-corrected chi connectivity index (χ4v) is 2.60. The van der Waals surface area contributed by atoms with Gasteiger partial charge in [-0.2, -0.15) is 5.10 Å². The minimum atomic E-state index is 0.689. The fourth-order valence-electron chi connectivity index (χ4n) is 2.10. The molecule has 0 bridgehead atoms. The number of nitrogens with zero attached hydrogens (tertiary/aromatic N) is 1. The highest BCUT2D eigenvalue weighted by Gasteiger charge is 2.07. The van der Waals surface area contributed by atoms with Crippen molar-refractivity contribution in [3.05, 3.63) is 69.8 Å². The van der Waals surface area contributed by atoms with Crippen LogP contribution in [0.15, 0.2) is 59.2 Å². The molecule has 2 aromatic carbocycles. The van der Waals surface area contributed by atoms with Crippen LogP contribution in [0.1, 0.15) is 5.56 Å². The number of aromatic amines is 1. The van der Waals surface area contributed by atoms with E-state index in [0.29, 0.717) is 11.6 Å². The topological polar surface area (TPSA) is 40.7 Å². The highest BCUT2D eigenvalue weighted by molar-refractivity contribution is 9.10. The average Bonchev–Trinajstić information content (AvgIpc) is 2.98. The zero-order chi connectivity index (χ0) is 14.7. The van der Waals surface area contributed by atoms with Crippen molar-refractivity contribution in [1.82, 2.24) is 10.2 Å². The number of hydrogen-bond donors (Lipinski definition) is 2. The Morgan fingerprint density at radius 3 is 2.71 bits per heavy atom. The second-order valence-corrected chi connectivity index (χ2v) is 5.88. The van der Waals surface area contributed by atoms with E-state index >= 15 is 0 Å². The third-order valence-electron chi connectivity index (χ3n) is 3.18. The molecule has 5 heteroatoms. The first-order valence-electron chi connectivity index (χ1n) is 6.50. The summed E-state index contributed by atoms with van der Waals surface area (Å²) in [5, 5.41) is 11.3. The van der Waals surface area contributed by atoms with E-state index in [9.17, 15) is 0 Å². The largest absolute Gasteiger partial charge is 0.381 e. The Morgan fingerprint density at radius 2 is 1.95 bits per heavy atom. The van der Waals surface area contributed by atoms with Gasteiger partial charge in [0.15, 0.2) is 0 Å². The fraction of sp³-hybridized carbons (Fsp3) is 0.0625. The summed E-state index contributed by atoms with van der Waals surface area (Å²) in [5.74, 6) is 0. The normalized spacial score (nSPS) is 10.6. The second kappa shape index (κ2) is 6.33. The Morgan fingerprint density at radius 1 is 1.14 bits per heavy atom. The summed E-state index contributed by atoms with van der Waals surface area (Å²) in [7, 11) is 0. The molecule has 0 aliphatic heterocycles. The summed E-state index contributed by atoms with van der Waals surface area (Å²) in [5.41, 5.74) is 4.29. The van der Waals surface area contributed by atoms with Crippen LogP contribution in [0.2, 0.25) is 5.02 Å². The van der Waals surface area contributed by atoms with E-state index in [-0.39, 0.29) is 0 Å². The lowest BCUT2D eigenvalue weighted by atomic mass is 10.1. The lowest BCUT2D eigenvalue weighted by Crippen LogP contribution is -1.99. The minimum absolute atomic E-state index is 0.689. The van der Waals surface area contributed by atoms with E-state index in [1.54, 1.807) is 0 Å². The Hall–Kier alpha value is -1.78. The van der Waals surface area contributed by atoms with Crippen molar-refractivity contribution >= 4 is 33.2 Å². The van der Waals surface area contributed by atoms with Gasteiger partial charge in [-0.25, -0.2) is 0 Å². The third-order valence-corrected chi connectivity index (χ3v) is 4.40. The van der Waals surface area contributed by atoms with Gasteiger partial charge in [0.1, 0.15) is 0 Å². The maximum atomic E-state index is 6.00. The maximum Gasteiger partial charge on any atom is 0.0700 e. The summed E-state index contributed by atoms with van der Waals surface area (Å²) >= 11 is 9.42. The first-order valence-corrected chi connectivity index (χ1v) is 7.68. The SMILES string of the molecule is Clc1ccc(NCc2cn[nH]c2-c2ccccc2)cc1Br. The molecule has 3 rings (SSSR count). The molecule has 0 unspecified atom stereocenters. The van der Waals surface area contributed by atoms with Gasteiger partial charge in [-0.15, -0.1) is 0 Å². The van der Waals surface area contributed by atoms with Crippen LogP contribution in [-0.4, -0.2) is 10.2 Å². The Balaban J connectivity index is 1.77. The number of benzene rings is 2. The van der Waals surface area contributed by atoms with Crippen molar-refractivity contribution < 1.29 is 0 Å². The number of nitrogens with one attached hydrogen (secondary N) is 2. The van der Waals surface area contributed by atoms with E-state index in [2.05, 4.69) is 43.6 Å². The third kappa shape index (κ3) is 3.28. The number of H-pyrrole nitrogens is 1. The monoisotopic (exact) mass is 361 g/mol. The van der Waals surface area contributed by atoms with Crippen molar-refractivity contribution in [2.24, 2.45) is 0 Å². The van der Waals surface area contributed by atoms with E-state index in [0.717, 1.165) is 27.0 Å². The summed E-state index contributed by atoms with van der Waals surface area (Å²) in [6, 6.07) is 15.9. The van der Waals surface area contributed by atoms with E-state index < -0.39 is 0 Å². The Kier molecular flexibility index (Phi) is 4.27. The van der Waals surface area contributed by atoms with Crippen molar-refractivity contribution in [1.29, 1.82) is 0 Å². The second-order valence-electron chi connectivity index (χ2n) is 4.62. The molecule has 1 aromatic heterocycles. The van der Waals surface area contributed by atoms with Crippen LogP contribution in [0, 0.1) is 0 Å². The molecule has 0 aliphatic rings. The molecule has 0 spiro atoms. The molecule has 0 fully saturated rings. The minimum Gasteiger partial charge on any atom is -0.381 e. The molecule has 0 amide bonds. The molecular weight excluding hydrogens is 350 g/mol. The van der Waals surface area contributed by atoms with Gasteiger partial charge in [-0.1, -0.05) is 41.9 Å². The van der Waals surface area contributed by atoms with Gasteiger partial charge in [0, 0.05) is 22.3 Å². The average molecular weight is 363 g/mol. The molecule has 3 nitrogen and oxygen atoms in total. The van der Waals surface area contributed by atoms with Crippen LogP contribution in [0.25, 0.3) is 11.3 Å². The Labute approximate surface area is 136 Å². The van der Waals surface area contributed by atoms with Crippen LogP contribution < -0.4 is 5.32 Å². The molecule has 0 saturated carbocycles. The number of halogens is 2. The van der Waals surface area contributed by atoms with Gasteiger partial charge in [-0.3, -0.25) is 5.10 Å². The number of anilines is 1. The predicted molar refractivity (Wildman–Crippen MR) is 90.5 cm³/mol. The van der Waals surface area contributed by atoms with Gasteiger partial charge in [0.2, 0.25) is 0 Å². The predicted octanol–water partition coefficient (Wildman–Crippen LogP) is 5.10. The molecule has 0 saturated heterocycles. The first kappa shape index (κ1) is 14.2. The highest BCUT2D eigenvalue weighted by atomic mass is 79.9. The molecule has 3 aromatic rings. The van der Waals surface area contributed by atoms with Gasteiger partial charge in [-0.05, 0) is 39.7 Å². The van der Waals surface area contributed by atoms with Crippen LogP contribution in [-0.2, 0) is 6.54 Å².